The Kier molecular flexibility index (Phi) is 3.39. The van der Waals surface area contributed by atoms with E-state index in [0.29, 0.717) is 6.67 Å². The maximum Gasteiger partial charge on any atom is 0.272 e. The van der Waals surface area contributed by atoms with Gasteiger partial charge >= 0.3 is 0 Å². The van der Waals surface area contributed by atoms with E-state index in [1.54, 1.807) is 4.90 Å². The van der Waals surface area contributed by atoms with Crippen molar-refractivity contribution in [2.24, 2.45) is 0 Å². The summed E-state index contributed by atoms with van der Waals surface area (Å²) in [5.74, 6) is 0.0192. The third-order valence-electron chi connectivity index (χ3n) is 3.98. The summed E-state index contributed by atoms with van der Waals surface area (Å²) in [6.45, 7) is 4.50. The van der Waals surface area contributed by atoms with Gasteiger partial charge in [0.25, 0.3) is 5.91 Å². The first-order chi connectivity index (χ1) is 11.1. The number of fused-ring (bicyclic) bond motifs is 3. The molecule has 6 heteroatoms. The van der Waals surface area contributed by atoms with Crippen molar-refractivity contribution in [1.82, 2.24) is 4.98 Å². The number of pyridine rings is 1. The van der Waals surface area contributed by atoms with Gasteiger partial charge in [-0.2, -0.15) is 0 Å². The molecule has 23 heavy (non-hydrogen) atoms. The van der Waals surface area contributed by atoms with E-state index >= 15 is 0 Å². The molecule has 2 aromatic heterocycles. The van der Waals surface area contributed by atoms with Crippen LogP contribution in [-0.2, 0) is 0 Å². The summed E-state index contributed by atoms with van der Waals surface area (Å²) in [5, 5.41) is 4.47. The van der Waals surface area contributed by atoms with Crippen LogP contribution < -0.4 is 10.2 Å². The van der Waals surface area contributed by atoms with E-state index in [-0.39, 0.29) is 5.91 Å². The number of carbonyl (C=O) groups is 1. The van der Waals surface area contributed by atoms with Crippen molar-refractivity contribution in [3.63, 3.8) is 0 Å². The first-order valence-electron chi connectivity index (χ1n) is 7.27. The molecule has 0 bridgehead atoms. The Morgan fingerprint density at radius 2 is 2.09 bits per heavy atom. The van der Waals surface area contributed by atoms with Gasteiger partial charge in [-0.1, -0.05) is 12.1 Å². The molecule has 0 unspecified atom stereocenters. The molecule has 116 valence electrons. The third-order valence-corrected chi connectivity index (χ3v) is 5.73. The smallest absolute Gasteiger partial charge is 0.272 e. The fourth-order valence-electron chi connectivity index (χ4n) is 2.98. The molecule has 0 atom stereocenters. The number of thiophene rings is 1. The van der Waals surface area contributed by atoms with E-state index < -0.39 is 0 Å². The van der Waals surface area contributed by atoms with Crippen LogP contribution in [0.1, 0.15) is 20.9 Å². The first-order valence-corrected chi connectivity index (χ1v) is 8.88. The number of amides is 1. The maximum absolute atomic E-state index is 13.0. The number of nitrogens with one attached hydrogen (secondary N) is 1. The highest BCUT2D eigenvalue weighted by Gasteiger charge is 2.30. The average molecular weight is 388 g/mol. The van der Waals surface area contributed by atoms with Crippen molar-refractivity contribution in [2.75, 3.05) is 16.9 Å². The van der Waals surface area contributed by atoms with Gasteiger partial charge in [0.1, 0.15) is 9.71 Å². The van der Waals surface area contributed by atoms with Gasteiger partial charge in [-0.05, 0) is 53.5 Å². The molecular weight excluding hydrogens is 374 g/mol. The number of hydrogen-bond acceptors (Lipinski definition) is 4. The molecule has 4 rings (SSSR count). The monoisotopic (exact) mass is 387 g/mol. The maximum atomic E-state index is 13.0. The number of aryl methyl sites for hydroxylation is 2. The zero-order valence-electron chi connectivity index (χ0n) is 12.7. The Morgan fingerprint density at radius 3 is 2.87 bits per heavy atom. The van der Waals surface area contributed by atoms with Crippen molar-refractivity contribution in [1.29, 1.82) is 0 Å². The molecule has 1 aromatic carbocycles. The third kappa shape index (κ3) is 2.24. The van der Waals surface area contributed by atoms with Gasteiger partial charge in [0.15, 0.2) is 0 Å². The number of aromatic nitrogens is 1. The Labute approximate surface area is 146 Å². The molecule has 0 saturated heterocycles. The lowest BCUT2D eigenvalue weighted by atomic mass is 10.1. The van der Waals surface area contributed by atoms with Crippen LogP contribution in [0.4, 0.5) is 11.4 Å². The van der Waals surface area contributed by atoms with Gasteiger partial charge in [0.2, 0.25) is 0 Å². The van der Waals surface area contributed by atoms with Gasteiger partial charge in [-0.25, -0.2) is 4.98 Å². The predicted molar refractivity (Wildman–Crippen MR) is 98.5 cm³/mol. The largest absolute Gasteiger partial charge is 0.365 e. The number of halogens is 1. The summed E-state index contributed by atoms with van der Waals surface area (Å²) in [6.07, 6.45) is 0. The number of carbonyl (C=O) groups excluding carboxylic acids is 1. The molecule has 0 fully saturated rings. The van der Waals surface area contributed by atoms with E-state index in [0.717, 1.165) is 42.2 Å². The molecule has 1 aliphatic rings. The standard InChI is InChI=1S/C17H14BrN3OS/c1-9-7-10(2)20-16-13(9)14-15(23-16)17(22)21(8-19-14)12-6-4-3-5-11(12)18/h3-7,19H,8H2,1-2H3. The Balaban J connectivity index is 1.87. The SMILES string of the molecule is Cc1cc(C)c2c3c(sc2n1)C(=O)N(c1ccccc1Br)CN3. The second kappa shape index (κ2) is 5.32. The molecule has 0 spiro atoms. The van der Waals surface area contributed by atoms with Crippen molar-refractivity contribution >= 4 is 54.8 Å². The van der Waals surface area contributed by atoms with E-state index in [2.05, 4.69) is 39.2 Å². The summed E-state index contributed by atoms with van der Waals surface area (Å²) in [7, 11) is 0. The van der Waals surface area contributed by atoms with Crippen LogP contribution in [0.2, 0.25) is 0 Å². The average Bonchev–Trinajstić information content (AvgIpc) is 2.88. The zero-order valence-corrected chi connectivity index (χ0v) is 15.1. The molecule has 1 N–H and O–H groups in total. The highest BCUT2D eigenvalue weighted by molar-refractivity contribution is 9.10. The van der Waals surface area contributed by atoms with Crippen molar-refractivity contribution in [2.45, 2.75) is 13.8 Å². The van der Waals surface area contributed by atoms with Gasteiger partial charge in [0, 0.05) is 15.6 Å². The summed E-state index contributed by atoms with van der Waals surface area (Å²) < 4.78 is 0.907. The molecule has 0 aliphatic carbocycles. The van der Waals surface area contributed by atoms with Crippen molar-refractivity contribution < 1.29 is 4.79 Å². The Hall–Kier alpha value is -1.92. The quantitative estimate of drug-likeness (QED) is 0.657. The molecule has 0 saturated carbocycles. The lowest BCUT2D eigenvalue weighted by molar-refractivity contribution is 0.0990. The highest BCUT2D eigenvalue weighted by Crippen LogP contribution is 2.41. The molecule has 3 heterocycles. The first kappa shape index (κ1) is 14.7. The van der Waals surface area contributed by atoms with E-state index in [4.69, 9.17) is 0 Å². The normalized spacial score (nSPS) is 14.0. The van der Waals surface area contributed by atoms with Gasteiger partial charge < -0.3 is 5.32 Å². The fourth-order valence-corrected chi connectivity index (χ4v) is 4.70. The van der Waals surface area contributed by atoms with Crippen LogP contribution in [0.3, 0.4) is 0 Å². The summed E-state index contributed by atoms with van der Waals surface area (Å²) in [5.41, 5.74) is 3.92. The minimum Gasteiger partial charge on any atom is -0.365 e. The van der Waals surface area contributed by atoms with Crippen molar-refractivity contribution in [3.8, 4) is 0 Å². The summed E-state index contributed by atoms with van der Waals surface area (Å²) in [6, 6.07) is 9.81. The molecule has 0 radical (unpaired) electrons. The highest BCUT2D eigenvalue weighted by atomic mass is 79.9. The zero-order chi connectivity index (χ0) is 16.1. The summed E-state index contributed by atoms with van der Waals surface area (Å²) >= 11 is 4.98. The lowest BCUT2D eigenvalue weighted by Gasteiger charge is -2.28. The van der Waals surface area contributed by atoms with Gasteiger partial charge in [0.05, 0.1) is 18.0 Å². The number of hydrogen-bond donors (Lipinski definition) is 1. The van der Waals surface area contributed by atoms with Gasteiger partial charge in [-0.3, -0.25) is 9.69 Å². The predicted octanol–water partition coefficient (Wildman–Crippen LogP) is 4.71. The molecule has 1 amide bonds. The van der Waals surface area contributed by atoms with Crippen LogP contribution in [0, 0.1) is 13.8 Å². The van der Waals surface area contributed by atoms with E-state index in [1.165, 1.54) is 11.3 Å². The molecule has 3 aromatic rings. The van der Waals surface area contributed by atoms with Crippen LogP contribution in [0.25, 0.3) is 10.2 Å². The van der Waals surface area contributed by atoms with E-state index in [1.807, 2.05) is 31.2 Å². The molecule has 4 nitrogen and oxygen atoms in total. The van der Waals surface area contributed by atoms with Crippen LogP contribution in [0.5, 0.6) is 0 Å². The molecular formula is C17H14BrN3OS. The minimum absolute atomic E-state index is 0.0192. The second-order valence-electron chi connectivity index (χ2n) is 5.59. The topological polar surface area (TPSA) is 45.2 Å². The Bertz CT molecular complexity index is 950. The number of anilines is 2. The number of benzene rings is 1. The number of nitrogens with zero attached hydrogens (tertiary/aromatic N) is 2. The fraction of sp³-hybridized carbons (Fsp3) is 0.176. The van der Waals surface area contributed by atoms with Crippen LogP contribution in [0.15, 0.2) is 34.8 Å². The second-order valence-corrected chi connectivity index (χ2v) is 7.44. The molecule has 1 aliphatic heterocycles. The van der Waals surface area contributed by atoms with Crippen LogP contribution >= 0.6 is 27.3 Å². The number of para-hydroxylation sites is 1. The number of rotatable bonds is 1. The lowest BCUT2D eigenvalue weighted by Crippen LogP contribution is -2.39. The van der Waals surface area contributed by atoms with Crippen molar-refractivity contribution in [3.05, 3.63) is 50.9 Å². The van der Waals surface area contributed by atoms with Crippen LogP contribution in [-0.4, -0.2) is 17.6 Å². The Morgan fingerprint density at radius 1 is 1.30 bits per heavy atom. The van der Waals surface area contributed by atoms with Gasteiger partial charge in [-0.15, -0.1) is 11.3 Å². The summed E-state index contributed by atoms with van der Waals surface area (Å²) in [4.78, 5) is 21.0. The minimum atomic E-state index is 0.0192. The van der Waals surface area contributed by atoms with E-state index in [9.17, 15) is 4.79 Å².